The fourth-order valence-corrected chi connectivity index (χ4v) is 3.90. The van der Waals surface area contributed by atoms with Gasteiger partial charge < -0.3 is 5.11 Å². The maximum atomic E-state index is 11.7. The molecule has 1 saturated carbocycles. The number of carbonyl (C=O) groups is 1. The zero-order valence-electron chi connectivity index (χ0n) is 12.1. The van der Waals surface area contributed by atoms with Gasteiger partial charge >= 0.3 is 0 Å². The van der Waals surface area contributed by atoms with Crippen LogP contribution in [-0.2, 0) is 11.2 Å². The Morgan fingerprint density at radius 2 is 1.90 bits per heavy atom. The molecule has 2 heteroatoms. The largest absolute Gasteiger partial charge is 0.389 e. The van der Waals surface area contributed by atoms with E-state index in [1.54, 1.807) is 6.08 Å². The van der Waals surface area contributed by atoms with Gasteiger partial charge in [-0.15, -0.1) is 0 Å². The zero-order valence-corrected chi connectivity index (χ0v) is 12.1. The van der Waals surface area contributed by atoms with Crippen molar-refractivity contribution in [3.63, 3.8) is 0 Å². The number of allylic oxidation sites excluding steroid dienone is 1. The average molecular weight is 270 g/mol. The minimum Gasteiger partial charge on any atom is -0.389 e. The summed E-state index contributed by atoms with van der Waals surface area (Å²) in [6.07, 6.45) is 6.58. The first kappa shape index (κ1) is 13.6. The van der Waals surface area contributed by atoms with Gasteiger partial charge in [-0.2, -0.15) is 0 Å². The van der Waals surface area contributed by atoms with E-state index in [1.807, 2.05) is 18.2 Å². The standard InChI is InChI=1S/C18H22O2/c1-17-11-9-16(19)12-15(17)8-5-10-18(17,20)13-14-6-3-2-4-7-14/h2-4,6-7,12,20H,5,8-11,13H2,1H3. The van der Waals surface area contributed by atoms with Gasteiger partial charge in [0.2, 0.25) is 0 Å². The van der Waals surface area contributed by atoms with Crippen molar-refractivity contribution < 1.29 is 9.90 Å². The van der Waals surface area contributed by atoms with Crippen molar-refractivity contribution in [1.82, 2.24) is 0 Å². The van der Waals surface area contributed by atoms with Crippen molar-refractivity contribution in [2.75, 3.05) is 0 Å². The van der Waals surface area contributed by atoms with Gasteiger partial charge in [-0.1, -0.05) is 42.8 Å². The summed E-state index contributed by atoms with van der Waals surface area (Å²) in [5.74, 6) is 0.224. The number of carbonyl (C=O) groups excluding carboxylic acids is 1. The summed E-state index contributed by atoms with van der Waals surface area (Å²) in [6, 6.07) is 10.2. The van der Waals surface area contributed by atoms with Gasteiger partial charge in [0.05, 0.1) is 5.60 Å². The lowest BCUT2D eigenvalue weighted by Crippen LogP contribution is -2.53. The van der Waals surface area contributed by atoms with Crippen LogP contribution >= 0.6 is 0 Å². The SMILES string of the molecule is CC12CCC(=O)C=C1CCCC2(O)Cc1ccccc1. The van der Waals surface area contributed by atoms with E-state index in [-0.39, 0.29) is 11.2 Å². The number of hydrogen-bond donors (Lipinski definition) is 1. The van der Waals surface area contributed by atoms with Gasteiger partial charge in [0.15, 0.2) is 5.78 Å². The fraction of sp³-hybridized carbons (Fsp3) is 0.500. The van der Waals surface area contributed by atoms with Crippen molar-refractivity contribution in [3.05, 3.63) is 47.5 Å². The normalized spacial score (nSPS) is 33.5. The molecule has 0 bridgehead atoms. The Hall–Kier alpha value is -1.41. The summed E-state index contributed by atoms with van der Waals surface area (Å²) in [6.45, 7) is 2.15. The first-order valence-electron chi connectivity index (χ1n) is 7.54. The first-order chi connectivity index (χ1) is 9.53. The molecule has 2 atom stereocenters. The van der Waals surface area contributed by atoms with E-state index in [0.717, 1.165) is 25.7 Å². The van der Waals surface area contributed by atoms with E-state index < -0.39 is 5.60 Å². The Morgan fingerprint density at radius 3 is 2.65 bits per heavy atom. The van der Waals surface area contributed by atoms with Crippen LogP contribution in [0.4, 0.5) is 0 Å². The summed E-state index contributed by atoms with van der Waals surface area (Å²) < 4.78 is 0. The highest BCUT2D eigenvalue weighted by Crippen LogP contribution is 2.53. The maximum Gasteiger partial charge on any atom is 0.155 e. The average Bonchev–Trinajstić information content (AvgIpc) is 2.43. The van der Waals surface area contributed by atoms with E-state index in [0.29, 0.717) is 12.8 Å². The molecule has 1 fully saturated rings. The topological polar surface area (TPSA) is 37.3 Å². The van der Waals surface area contributed by atoms with Crippen molar-refractivity contribution >= 4 is 5.78 Å². The molecule has 2 nitrogen and oxygen atoms in total. The monoisotopic (exact) mass is 270 g/mol. The molecule has 3 rings (SSSR count). The maximum absolute atomic E-state index is 11.7. The zero-order chi connectivity index (χ0) is 14.2. The summed E-state index contributed by atoms with van der Waals surface area (Å²) in [5.41, 5.74) is 1.38. The van der Waals surface area contributed by atoms with Crippen LogP contribution in [-0.4, -0.2) is 16.5 Å². The number of fused-ring (bicyclic) bond motifs is 1. The third-order valence-corrected chi connectivity index (χ3v) is 5.32. The molecule has 0 aliphatic heterocycles. The van der Waals surface area contributed by atoms with Crippen molar-refractivity contribution in [3.8, 4) is 0 Å². The van der Waals surface area contributed by atoms with Crippen molar-refractivity contribution in [1.29, 1.82) is 0 Å². The molecule has 20 heavy (non-hydrogen) atoms. The number of rotatable bonds is 2. The first-order valence-corrected chi connectivity index (χ1v) is 7.54. The second-order valence-electron chi connectivity index (χ2n) is 6.52. The molecule has 0 saturated heterocycles. The molecule has 0 amide bonds. The summed E-state index contributed by atoms with van der Waals surface area (Å²) >= 11 is 0. The molecule has 2 unspecified atom stereocenters. The Labute approximate surface area is 120 Å². The predicted octanol–water partition coefficient (Wildman–Crippen LogP) is 3.44. The molecule has 0 heterocycles. The number of hydrogen-bond acceptors (Lipinski definition) is 2. The number of aliphatic hydroxyl groups is 1. The minimum absolute atomic E-state index is 0.224. The third-order valence-electron chi connectivity index (χ3n) is 5.32. The molecule has 1 N–H and O–H groups in total. The van der Waals surface area contributed by atoms with Crippen LogP contribution in [0, 0.1) is 5.41 Å². The summed E-state index contributed by atoms with van der Waals surface area (Å²) in [5, 5.41) is 11.3. The van der Waals surface area contributed by atoms with Crippen LogP contribution < -0.4 is 0 Å². The summed E-state index contributed by atoms with van der Waals surface area (Å²) in [4.78, 5) is 11.7. The quantitative estimate of drug-likeness (QED) is 0.894. The van der Waals surface area contributed by atoms with E-state index in [2.05, 4.69) is 19.1 Å². The van der Waals surface area contributed by atoms with Crippen LogP contribution in [0.1, 0.15) is 44.6 Å². The van der Waals surface area contributed by atoms with Gasteiger partial charge in [0.1, 0.15) is 0 Å². The lowest BCUT2D eigenvalue weighted by Gasteiger charge is -2.52. The number of benzene rings is 1. The van der Waals surface area contributed by atoms with Crippen LogP contribution in [0.2, 0.25) is 0 Å². The molecular formula is C18H22O2. The molecular weight excluding hydrogens is 248 g/mol. The number of ketones is 1. The van der Waals surface area contributed by atoms with Gasteiger partial charge in [-0.05, 0) is 37.3 Å². The van der Waals surface area contributed by atoms with Crippen LogP contribution in [0.5, 0.6) is 0 Å². The Morgan fingerprint density at radius 1 is 1.15 bits per heavy atom. The predicted molar refractivity (Wildman–Crippen MR) is 79.4 cm³/mol. The molecule has 0 radical (unpaired) electrons. The second kappa shape index (κ2) is 4.85. The highest BCUT2D eigenvalue weighted by atomic mass is 16.3. The Kier molecular flexibility index (Phi) is 3.29. The van der Waals surface area contributed by atoms with E-state index in [4.69, 9.17) is 0 Å². The third kappa shape index (κ3) is 2.12. The van der Waals surface area contributed by atoms with Gasteiger partial charge in [-0.3, -0.25) is 4.79 Å². The Bertz CT molecular complexity index is 546. The smallest absolute Gasteiger partial charge is 0.155 e. The van der Waals surface area contributed by atoms with Crippen LogP contribution in [0.3, 0.4) is 0 Å². The van der Waals surface area contributed by atoms with Crippen molar-refractivity contribution in [2.45, 2.75) is 51.0 Å². The lowest BCUT2D eigenvalue weighted by molar-refractivity contribution is -0.120. The van der Waals surface area contributed by atoms with Gasteiger partial charge in [0, 0.05) is 18.3 Å². The molecule has 0 spiro atoms. The molecule has 1 aromatic carbocycles. The minimum atomic E-state index is -0.723. The molecule has 2 aliphatic carbocycles. The fourth-order valence-electron chi connectivity index (χ4n) is 3.90. The van der Waals surface area contributed by atoms with E-state index in [1.165, 1.54) is 11.1 Å². The van der Waals surface area contributed by atoms with Gasteiger partial charge in [-0.25, -0.2) is 0 Å². The second-order valence-corrected chi connectivity index (χ2v) is 6.52. The molecule has 1 aromatic rings. The molecule has 0 aromatic heterocycles. The molecule has 2 aliphatic rings. The van der Waals surface area contributed by atoms with Crippen LogP contribution in [0.25, 0.3) is 0 Å². The summed E-state index contributed by atoms with van der Waals surface area (Å²) in [7, 11) is 0. The van der Waals surface area contributed by atoms with Gasteiger partial charge in [0.25, 0.3) is 0 Å². The van der Waals surface area contributed by atoms with Crippen molar-refractivity contribution in [2.24, 2.45) is 5.41 Å². The van der Waals surface area contributed by atoms with Crippen LogP contribution in [0.15, 0.2) is 42.0 Å². The lowest BCUT2D eigenvalue weighted by atomic mass is 9.56. The molecule has 106 valence electrons. The highest BCUT2D eigenvalue weighted by Gasteiger charge is 2.52. The van der Waals surface area contributed by atoms with E-state index in [9.17, 15) is 9.90 Å². The van der Waals surface area contributed by atoms with E-state index >= 15 is 0 Å². The highest BCUT2D eigenvalue weighted by molar-refractivity contribution is 5.91. The Balaban J connectivity index is 1.95.